The Balaban J connectivity index is 2.25. The van der Waals surface area contributed by atoms with Crippen molar-refractivity contribution in [3.63, 3.8) is 0 Å². The summed E-state index contributed by atoms with van der Waals surface area (Å²) >= 11 is 0. The molecule has 0 aliphatic carbocycles. The SMILES string of the molecule is Cc1c(NC(=O)Nc2ccccc2)cc(N=[N+]=[N-])c(O)c1C. The molecule has 2 aromatic rings. The second-order valence-electron chi connectivity index (χ2n) is 4.68. The Morgan fingerprint density at radius 1 is 1.18 bits per heavy atom. The van der Waals surface area contributed by atoms with E-state index in [0.717, 1.165) is 0 Å². The Morgan fingerprint density at radius 2 is 1.86 bits per heavy atom. The maximum absolute atomic E-state index is 12.0. The molecule has 0 saturated heterocycles. The molecule has 0 aromatic heterocycles. The summed E-state index contributed by atoms with van der Waals surface area (Å²) in [5.74, 6) is -0.0932. The second kappa shape index (κ2) is 6.51. The average Bonchev–Trinajstić information content (AvgIpc) is 2.51. The van der Waals surface area contributed by atoms with Gasteiger partial charge in [0.15, 0.2) is 0 Å². The summed E-state index contributed by atoms with van der Waals surface area (Å²) in [4.78, 5) is 14.7. The van der Waals surface area contributed by atoms with Crippen molar-refractivity contribution < 1.29 is 9.90 Å². The quantitative estimate of drug-likeness (QED) is 0.333. The van der Waals surface area contributed by atoms with E-state index in [1.54, 1.807) is 26.0 Å². The number of rotatable bonds is 3. The van der Waals surface area contributed by atoms with Gasteiger partial charge >= 0.3 is 6.03 Å². The molecule has 112 valence electrons. The maximum atomic E-state index is 12.0. The zero-order chi connectivity index (χ0) is 16.1. The van der Waals surface area contributed by atoms with Gasteiger partial charge in [0.1, 0.15) is 5.75 Å². The summed E-state index contributed by atoms with van der Waals surface area (Å²) < 4.78 is 0. The molecular weight excluding hydrogens is 282 g/mol. The topological polar surface area (TPSA) is 110 Å². The first-order chi connectivity index (χ1) is 10.5. The number of amides is 2. The third-order valence-electron chi connectivity index (χ3n) is 3.28. The number of carbonyl (C=O) groups excluding carboxylic acids is 1. The van der Waals surface area contributed by atoms with Gasteiger partial charge in [0.25, 0.3) is 0 Å². The first-order valence-electron chi connectivity index (χ1n) is 6.54. The number of urea groups is 1. The second-order valence-corrected chi connectivity index (χ2v) is 4.68. The van der Waals surface area contributed by atoms with E-state index < -0.39 is 6.03 Å². The summed E-state index contributed by atoms with van der Waals surface area (Å²) in [6.07, 6.45) is 0. The van der Waals surface area contributed by atoms with Crippen molar-refractivity contribution in [3.8, 4) is 5.75 Å². The molecule has 0 aliphatic heterocycles. The van der Waals surface area contributed by atoms with E-state index in [1.807, 2.05) is 18.2 Å². The van der Waals surface area contributed by atoms with Crippen LogP contribution in [0.4, 0.5) is 21.9 Å². The van der Waals surface area contributed by atoms with Gasteiger partial charge in [-0.25, -0.2) is 4.79 Å². The molecule has 0 heterocycles. The lowest BCUT2D eigenvalue weighted by atomic mass is 10.1. The number of carbonyl (C=O) groups is 1. The summed E-state index contributed by atoms with van der Waals surface area (Å²) in [5, 5.41) is 18.7. The molecule has 0 fully saturated rings. The van der Waals surface area contributed by atoms with Crippen LogP contribution in [-0.4, -0.2) is 11.1 Å². The number of phenols is 1. The van der Waals surface area contributed by atoms with Crippen molar-refractivity contribution in [2.45, 2.75) is 13.8 Å². The molecule has 0 bridgehead atoms. The first kappa shape index (κ1) is 15.2. The highest BCUT2D eigenvalue weighted by atomic mass is 16.3. The smallest absolute Gasteiger partial charge is 0.323 e. The minimum atomic E-state index is -0.425. The molecule has 7 heteroatoms. The molecule has 0 saturated carbocycles. The minimum Gasteiger partial charge on any atom is -0.507 e. The van der Waals surface area contributed by atoms with E-state index in [9.17, 15) is 9.90 Å². The van der Waals surface area contributed by atoms with Gasteiger partial charge in [-0.1, -0.05) is 23.3 Å². The van der Waals surface area contributed by atoms with Crippen molar-refractivity contribution in [1.29, 1.82) is 0 Å². The van der Waals surface area contributed by atoms with Crippen LogP contribution in [0.2, 0.25) is 0 Å². The van der Waals surface area contributed by atoms with Gasteiger partial charge in [-0.15, -0.1) is 0 Å². The zero-order valence-electron chi connectivity index (χ0n) is 12.2. The summed E-state index contributed by atoms with van der Waals surface area (Å²) in [5.41, 5.74) is 10.9. The van der Waals surface area contributed by atoms with E-state index in [0.29, 0.717) is 22.5 Å². The van der Waals surface area contributed by atoms with Crippen molar-refractivity contribution in [2.24, 2.45) is 5.11 Å². The molecule has 0 atom stereocenters. The predicted octanol–water partition coefficient (Wildman–Crippen LogP) is 4.59. The highest BCUT2D eigenvalue weighted by Gasteiger charge is 2.13. The van der Waals surface area contributed by atoms with E-state index >= 15 is 0 Å². The molecule has 2 aromatic carbocycles. The summed E-state index contributed by atoms with van der Waals surface area (Å²) in [6.45, 7) is 3.44. The van der Waals surface area contributed by atoms with Crippen LogP contribution in [0.1, 0.15) is 11.1 Å². The standard InChI is InChI=1S/C15H15N5O2/c1-9-10(2)14(21)13(19-20-16)8-12(9)18-15(22)17-11-6-4-3-5-7-11/h3-8,21H,1-2H3,(H2,17,18,22). The lowest BCUT2D eigenvalue weighted by Gasteiger charge is -2.14. The maximum Gasteiger partial charge on any atom is 0.323 e. The zero-order valence-corrected chi connectivity index (χ0v) is 12.2. The summed E-state index contributed by atoms with van der Waals surface area (Å²) in [6, 6.07) is 10.0. The average molecular weight is 297 g/mol. The number of nitrogens with zero attached hydrogens (tertiary/aromatic N) is 3. The van der Waals surface area contributed by atoms with E-state index in [-0.39, 0.29) is 11.4 Å². The normalized spacial score (nSPS) is 9.73. The van der Waals surface area contributed by atoms with Crippen molar-refractivity contribution >= 4 is 23.1 Å². The number of anilines is 2. The fourth-order valence-electron chi connectivity index (χ4n) is 1.95. The third-order valence-corrected chi connectivity index (χ3v) is 3.28. The largest absolute Gasteiger partial charge is 0.507 e. The van der Waals surface area contributed by atoms with Crippen molar-refractivity contribution in [1.82, 2.24) is 0 Å². The number of benzene rings is 2. The molecule has 22 heavy (non-hydrogen) atoms. The molecule has 2 rings (SSSR count). The highest BCUT2D eigenvalue weighted by molar-refractivity contribution is 6.00. The molecule has 2 amide bonds. The van der Waals surface area contributed by atoms with Gasteiger partial charge in [-0.05, 0) is 48.7 Å². The Labute approximate surface area is 127 Å². The van der Waals surface area contributed by atoms with Crippen LogP contribution in [0.25, 0.3) is 10.4 Å². The number of phenolic OH excluding ortho intramolecular Hbond substituents is 1. The third kappa shape index (κ3) is 3.28. The molecule has 0 radical (unpaired) electrons. The molecule has 0 spiro atoms. The molecule has 0 aliphatic rings. The molecular formula is C15H15N5O2. The van der Waals surface area contributed by atoms with Crippen molar-refractivity contribution in [3.05, 3.63) is 58.0 Å². The number of azide groups is 1. The lowest BCUT2D eigenvalue weighted by Crippen LogP contribution is -2.20. The highest BCUT2D eigenvalue weighted by Crippen LogP contribution is 2.37. The summed E-state index contributed by atoms with van der Waals surface area (Å²) in [7, 11) is 0. The van der Waals surface area contributed by atoms with Crippen LogP contribution in [0.5, 0.6) is 5.75 Å². The van der Waals surface area contributed by atoms with Gasteiger partial charge < -0.3 is 15.7 Å². The van der Waals surface area contributed by atoms with Crippen LogP contribution in [0.3, 0.4) is 0 Å². The van der Waals surface area contributed by atoms with E-state index in [2.05, 4.69) is 20.7 Å². The van der Waals surface area contributed by atoms with Crippen LogP contribution in [0.15, 0.2) is 41.5 Å². The van der Waals surface area contributed by atoms with Crippen LogP contribution >= 0.6 is 0 Å². The van der Waals surface area contributed by atoms with Crippen LogP contribution in [0, 0.1) is 13.8 Å². The minimum absolute atomic E-state index is 0.0700. The van der Waals surface area contributed by atoms with Gasteiger partial charge in [0.05, 0.1) is 5.69 Å². The Morgan fingerprint density at radius 3 is 2.50 bits per heavy atom. The number of hydrogen-bond acceptors (Lipinski definition) is 3. The fraction of sp³-hybridized carbons (Fsp3) is 0.133. The molecule has 7 nitrogen and oxygen atoms in total. The molecule has 0 unspecified atom stereocenters. The van der Waals surface area contributed by atoms with Gasteiger partial charge in [-0.3, -0.25) is 0 Å². The predicted molar refractivity (Wildman–Crippen MR) is 85.5 cm³/mol. The number of nitrogens with one attached hydrogen (secondary N) is 2. The Bertz CT molecular complexity index is 752. The van der Waals surface area contributed by atoms with E-state index in [1.165, 1.54) is 6.07 Å². The monoisotopic (exact) mass is 297 g/mol. The Hall–Kier alpha value is -3.18. The van der Waals surface area contributed by atoms with Crippen molar-refractivity contribution in [2.75, 3.05) is 10.6 Å². The van der Waals surface area contributed by atoms with E-state index in [4.69, 9.17) is 5.53 Å². The fourth-order valence-corrected chi connectivity index (χ4v) is 1.95. The van der Waals surface area contributed by atoms with Gasteiger partial charge in [0, 0.05) is 16.3 Å². The number of hydrogen-bond donors (Lipinski definition) is 3. The van der Waals surface area contributed by atoms with Crippen LogP contribution in [-0.2, 0) is 0 Å². The molecule has 3 N–H and O–H groups in total. The van der Waals surface area contributed by atoms with Crippen LogP contribution < -0.4 is 10.6 Å². The lowest BCUT2D eigenvalue weighted by molar-refractivity contribution is 0.262. The van der Waals surface area contributed by atoms with Gasteiger partial charge in [-0.2, -0.15) is 0 Å². The Kier molecular flexibility index (Phi) is 4.50. The number of aromatic hydroxyl groups is 1. The van der Waals surface area contributed by atoms with Gasteiger partial charge in [0.2, 0.25) is 0 Å². The number of para-hydroxylation sites is 1. The first-order valence-corrected chi connectivity index (χ1v) is 6.54.